The summed E-state index contributed by atoms with van der Waals surface area (Å²) in [5.41, 5.74) is 1.43. The number of fused-ring (bicyclic) bond motifs is 1. The van der Waals surface area contributed by atoms with Gasteiger partial charge < -0.3 is 0 Å². The van der Waals surface area contributed by atoms with Crippen LogP contribution >= 0.6 is 0 Å². The van der Waals surface area contributed by atoms with E-state index in [0.717, 1.165) is 16.3 Å². The molecule has 0 heterocycles. The van der Waals surface area contributed by atoms with E-state index in [0.29, 0.717) is 12.0 Å². The van der Waals surface area contributed by atoms with E-state index < -0.39 is 0 Å². The first-order valence-electron chi connectivity index (χ1n) is 6.69. The molecule has 0 saturated carbocycles. The Balaban J connectivity index is 0.000000861. The van der Waals surface area contributed by atoms with Crippen molar-refractivity contribution in [2.45, 2.75) is 34.1 Å². The van der Waals surface area contributed by atoms with Crippen molar-refractivity contribution in [3.63, 3.8) is 0 Å². The first-order valence-corrected chi connectivity index (χ1v) is 6.69. The lowest BCUT2D eigenvalue weighted by atomic mass is 10.0. The second-order valence-corrected chi connectivity index (χ2v) is 4.11. The Hall–Kier alpha value is -1.96. The highest BCUT2D eigenvalue weighted by atomic mass is 16.1. The highest BCUT2D eigenvalue weighted by Gasteiger charge is 2.05. The van der Waals surface area contributed by atoms with E-state index in [2.05, 4.69) is 0 Å². The minimum Gasteiger partial charge on any atom is -0.295 e. The smallest absolute Gasteiger partial charge is 0.162 e. The topological polar surface area (TPSA) is 34.1 Å². The third kappa shape index (κ3) is 3.50. The Labute approximate surface area is 114 Å². The van der Waals surface area contributed by atoms with Gasteiger partial charge in [-0.05, 0) is 29.8 Å². The largest absolute Gasteiger partial charge is 0.295 e. The van der Waals surface area contributed by atoms with Crippen molar-refractivity contribution >= 4 is 22.3 Å². The van der Waals surface area contributed by atoms with E-state index in [4.69, 9.17) is 0 Å². The van der Waals surface area contributed by atoms with Crippen molar-refractivity contribution in [3.05, 3.63) is 47.5 Å². The molecule has 0 bridgehead atoms. The Morgan fingerprint density at radius 3 is 1.84 bits per heavy atom. The molecule has 0 amide bonds. The number of hydrogen-bond donors (Lipinski definition) is 0. The van der Waals surface area contributed by atoms with Crippen LogP contribution in [-0.4, -0.2) is 11.6 Å². The molecule has 0 atom stereocenters. The fourth-order valence-corrected chi connectivity index (χ4v) is 1.84. The maximum atomic E-state index is 11.6. The van der Waals surface area contributed by atoms with E-state index in [1.54, 1.807) is 13.0 Å². The SMILES string of the molecule is CC.CCC(=O)c1ccc2cc(C(C)=O)ccc2c1. The maximum Gasteiger partial charge on any atom is 0.162 e. The number of rotatable bonds is 3. The summed E-state index contributed by atoms with van der Waals surface area (Å²) in [5, 5.41) is 1.99. The molecular weight excluding hydrogens is 236 g/mol. The van der Waals surface area contributed by atoms with Crippen LogP contribution in [0.5, 0.6) is 0 Å². The minimum absolute atomic E-state index is 0.0561. The molecule has 100 valence electrons. The summed E-state index contributed by atoms with van der Waals surface area (Å²) in [4.78, 5) is 22.8. The number of carbonyl (C=O) groups excluding carboxylic acids is 2. The van der Waals surface area contributed by atoms with Crippen LogP contribution in [-0.2, 0) is 0 Å². The molecule has 2 aromatic rings. The molecule has 0 aromatic heterocycles. The van der Waals surface area contributed by atoms with Crippen LogP contribution in [0.3, 0.4) is 0 Å². The monoisotopic (exact) mass is 256 g/mol. The second-order valence-electron chi connectivity index (χ2n) is 4.11. The molecule has 2 aromatic carbocycles. The van der Waals surface area contributed by atoms with Crippen molar-refractivity contribution < 1.29 is 9.59 Å². The van der Waals surface area contributed by atoms with Crippen molar-refractivity contribution in [1.29, 1.82) is 0 Å². The predicted octanol–water partition coefficient (Wildman–Crippen LogP) is 4.66. The Morgan fingerprint density at radius 1 is 0.895 bits per heavy atom. The predicted molar refractivity (Wildman–Crippen MR) is 79.9 cm³/mol. The van der Waals surface area contributed by atoms with E-state index in [-0.39, 0.29) is 11.6 Å². The number of hydrogen-bond acceptors (Lipinski definition) is 2. The Kier molecular flexibility index (Phi) is 5.43. The number of ketones is 2. The third-order valence-electron chi connectivity index (χ3n) is 2.89. The molecule has 0 N–H and O–H groups in total. The number of carbonyl (C=O) groups is 2. The zero-order valence-electron chi connectivity index (χ0n) is 12.0. The summed E-state index contributed by atoms with van der Waals surface area (Å²) in [7, 11) is 0. The summed E-state index contributed by atoms with van der Waals surface area (Å²) in [6.45, 7) is 7.40. The second kappa shape index (κ2) is 6.83. The molecule has 0 saturated heterocycles. The zero-order chi connectivity index (χ0) is 14.4. The van der Waals surface area contributed by atoms with Gasteiger partial charge in [-0.3, -0.25) is 9.59 Å². The van der Waals surface area contributed by atoms with Gasteiger partial charge in [-0.1, -0.05) is 45.0 Å². The lowest BCUT2D eigenvalue weighted by Gasteiger charge is -2.03. The molecular formula is C17H20O2. The van der Waals surface area contributed by atoms with Crippen molar-refractivity contribution in [2.24, 2.45) is 0 Å². The van der Waals surface area contributed by atoms with Crippen LogP contribution in [0.4, 0.5) is 0 Å². The molecule has 2 rings (SSSR count). The van der Waals surface area contributed by atoms with E-state index >= 15 is 0 Å². The normalized spacial score (nSPS) is 9.68. The van der Waals surface area contributed by atoms with Gasteiger partial charge in [-0.25, -0.2) is 0 Å². The molecule has 2 nitrogen and oxygen atoms in total. The van der Waals surface area contributed by atoms with Crippen LogP contribution in [0, 0.1) is 0 Å². The van der Waals surface area contributed by atoms with Crippen LogP contribution in [0.1, 0.15) is 54.8 Å². The first kappa shape index (κ1) is 15.1. The summed E-state index contributed by atoms with van der Waals surface area (Å²) in [6, 6.07) is 11.1. The summed E-state index contributed by atoms with van der Waals surface area (Å²) in [6.07, 6.45) is 0.511. The highest BCUT2D eigenvalue weighted by molar-refractivity contribution is 6.02. The molecule has 19 heavy (non-hydrogen) atoms. The fourth-order valence-electron chi connectivity index (χ4n) is 1.84. The molecule has 0 spiro atoms. The minimum atomic E-state index is 0.0561. The van der Waals surface area contributed by atoms with Crippen LogP contribution in [0.15, 0.2) is 36.4 Å². The van der Waals surface area contributed by atoms with Crippen molar-refractivity contribution in [1.82, 2.24) is 0 Å². The fraction of sp³-hybridized carbons (Fsp3) is 0.294. The summed E-state index contributed by atoms with van der Waals surface area (Å²) < 4.78 is 0. The van der Waals surface area contributed by atoms with Crippen LogP contribution in [0.2, 0.25) is 0 Å². The average Bonchev–Trinajstić information content (AvgIpc) is 2.47. The maximum absolute atomic E-state index is 11.6. The van der Waals surface area contributed by atoms with Gasteiger partial charge in [0.05, 0.1) is 0 Å². The van der Waals surface area contributed by atoms with Crippen LogP contribution in [0.25, 0.3) is 10.8 Å². The molecule has 0 unspecified atom stereocenters. The summed E-state index contributed by atoms with van der Waals surface area (Å²) >= 11 is 0. The summed E-state index contributed by atoms with van der Waals surface area (Å²) in [5.74, 6) is 0.197. The quantitative estimate of drug-likeness (QED) is 0.748. The van der Waals surface area contributed by atoms with Gasteiger partial charge in [0, 0.05) is 17.5 Å². The van der Waals surface area contributed by atoms with Crippen LogP contribution < -0.4 is 0 Å². The van der Waals surface area contributed by atoms with E-state index in [9.17, 15) is 9.59 Å². The standard InChI is InChI=1S/C15H14O2.C2H6/c1-3-15(17)14-7-6-12-8-11(10(2)16)4-5-13(12)9-14;1-2/h4-9H,3H2,1-2H3;1-2H3. The lowest BCUT2D eigenvalue weighted by Crippen LogP contribution is -1.96. The molecule has 0 aliphatic rings. The Bertz CT molecular complexity index is 597. The van der Waals surface area contributed by atoms with Gasteiger partial charge in [0.2, 0.25) is 0 Å². The zero-order valence-corrected chi connectivity index (χ0v) is 12.0. The first-order chi connectivity index (χ1) is 9.11. The van der Waals surface area contributed by atoms with Gasteiger partial charge in [0.1, 0.15) is 0 Å². The average molecular weight is 256 g/mol. The van der Waals surface area contributed by atoms with E-state index in [1.807, 2.05) is 51.1 Å². The molecule has 0 aliphatic carbocycles. The van der Waals surface area contributed by atoms with Gasteiger partial charge in [0.25, 0.3) is 0 Å². The number of Topliss-reactive ketones (excluding diaryl/α,β-unsaturated/α-hetero) is 2. The molecule has 2 heteroatoms. The third-order valence-corrected chi connectivity index (χ3v) is 2.89. The number of benzene rings is 2. The van der Waals surface area contributed by atoms with Crippen molar-refractivity contribution in [3.8, 4) is 0 Å². The van der Waals surface area contributed by atoms with Gasteiger partial charge in [-0.2, -0.15) is 0 Å². The molecule has 0 aliphatic heterocycles. The lowest BCUT2D eigenvalue weighted by molar-refractivity contribution is 0.0985. The van der Waals surface area contributed by atoms with Crippen molar-refractivity contribution in [2.75, 3.05) is 0 Å². The van der Waals surface area contributed by atoms with Gasteiger partial charge >= 0.3 is 0 Å². The van der Waals surface area contributed by atoms with E-state index in [1.165, 1.54) is 0 Å². The molecule has 0 fully saturated rings. The van der Waals surface area contributed by atoms with Gasteiger partial charge in [0.15, 0.2) is 11.6 Å². The van der Waals surface area contributed by atoms with Gasteiger partial charge in [-0.15, -0.1) is 0 Å². The highest BCUT2D eigenvalue weighted by Crippen LogP contribution is 2.19. The molecule has 0 radical (unpaired) electrons. The Morgan fingerprint density at radius 2 is 1.37 bits per heavy atom.